The fourth-order valence-corrected chi connectivity index (χ4v) is 4.68. The number of hydrogen-bond donors (Lipinski definition) is 1. The van der Waals surface area contributed by atoms with Gasteiger partial charge < -0.3 is 5.32 Å². The summed E-state index contributed by atoms with van der Waals surface area (Å²) >= 11 is 15.8. The largest absolute Gasteiger partial charge is 0.357 e. The predicted molar refractivity (Wildman–Crippen MR) is 85.9 cm³/mol. The van der Waals surface area contributed by atoms with E-state index in [0.717, 1.165) is 9.47 Å². The Hall–Kier alpha value is -0.340. The lowest BCUT2D eigenvalue weighted by Gasteiger charge is -1.96. The Labute approximate surface area is 137 Å². The summed E-state index contributed by atoms with van der Waals surface area (Å²) < 4.78 is 1.74. The number of aromatic nitrogens is 2. The number of carbonyl (C=O) groups is 1. The minimum Gasteiger partial charge on any atom is -0.357 e. The van der Waals surface area contributed by atoms with E-state index in [2.05, 4.69) is 15.5 Å². The lowest BCUT2D eigenvalue weighted by atomic mass is 10.2. The van der Waals surface area contributed by atoms with Crippen molar-refractivity contribution >= 4 is 68.6 Å². The van der Waals surface area contributed by atoms with Crippen molar-refractivity contribution in [1.82, 2.24) is 10.2 Å². The zero-order chi connectivity index (χ0) is 14.1. The van der Waals surface area contributed by atoms with Crippen molar-refractivity contribution in [2.45, 2.75) is 23.2 Å². The standard InChI is InChI=1S/C11H9Cl2N3OS3/c12-8-3-6(9(13)19-8)7(17)4-18-11-16-15-10(20-11)14-5-1-2-5/h3,5H,1-2,4H2,(H,14,15). The number of halogens is 2. The molecular weight excluding hydrogens is 357 g/mol. The first-order valence-electron chi connectivity index (χ1n) is 5.82. The van der Waals surface area contributed by atoms with Gasteiger partial charge in [-0.05, 0) is 18.9 Å². The van der Waals surface area contributed by atoms with Gasteiger partial charge in [0.15, 0.2) is 10.1 Å². The smallest absolute Gasteiger partial charge is 0.206 e. The van der Waals surface area contributed by atoms with E-state index in [-0.39, 0.29) is 11.5 Å². The van der Waals surface area contributed by atoms with E-state index in [0.29, 0.717) is 20.3 Å². The van der Waals surface area contributed by atoms with E-state index in [1.165, 1.54) is 47.3 Å². The summed E-state index contributed by atoms with van der Waals surface area (Å²) in [4.78, 5) is 12.0. The molecule has 0 spiro atoms. The van der Waals surface area contributed by atoms with Gasteiger partial charge in [-0.2, -0.15) is 0 Å². The molecule has 2 aromatic heterocycles. The number of Topliss-reactive ketones (excluding diaryl/α,β-unsaturated/α-hetero) is 1. The highest BCUT2D eigenvalue weighted by Crippen LogP contribution is 2.34. The van der Waals surface area contributed by atoms with Crippen molar-refractivity contribution in [1.29, 1.82) is 0 Å². The maximum atomic E-state index is 12.0. The Morgan fingerprint density at radius 2 is 2.20 bits per heavy atom. The average Bonchev–Trinajstić information content (AvgIpc) is 2.99. The summed E-state index contributed by atoms with van der Waals surface area (Å²) in [5.74, 6) is 0.236. The van der Waals surface area contributed by atoms with Crippen LogP contribution in [0.1, 0.15) is 23.2 Å². The van der Waals surface area contributed by atoms with Crippen molar-refractivity contribution in [3.05, 3.63) is 20.3 Å². The molecule has 1 aliphatic rings. The Morgan fingerprint density at radius 1 is 1.40 bits per heavy atom. The van der Waals surface area contributed by atoms with Gasteiger partial charge in [-0.1, -0.05) is 46.3 Å². The van der Waals surface area contributed by atoms with Crippen LogP contribution < -0.4 is 5.32 Å². The Kier molecular flexibility index (Phi) is 4.52. The van der Waals surface area contributed by atoms with Crippen LogP contribution in [-0.2, 0) is 0 Å². The highest BCUT2D eigenvalue weighted by atomic mass is 35.5. The van der Waals surface area contributed by atoms with Crippen molar-refractivity contribution in [2.75, 3.05) is 11.1 Å². The molecule has 3 rings (SSSR count). The first kappa shape index (κ1) is 14.6. The minimum absolute atomic E-state index is 0.0462. The number of rotatable bonds is 6. The third kappa shape index (κ3) is 3.65. The molecule has 4 nitrogen and oxygen atoms in total. The predicted octanol–water partition coefficient (Wildman–Crippen LogP) is 4.46. The quantitative estimate of drug-likeness (QED) is 0.604. The molecule has 0 aromatic carbocycles. The van der Waals surface area contributed by atoms with Gasteiger partial charge >= 0.3 is 0 Å². The summed E-state index contributed by atoms with van der Waals surface area (Å²) in [6, 6.07) is 2.16. The van der Waals surface area contributed by atoms with Crippen LogP contribution in [0.2, 0.25) is 8.67 Å². The molecule has 1 aliphatic carbocycles. The van der Waals surface area contributed by atoms with Gasteiger partial charge in [0.25, 0.3) is 0 Å². The molecule has 1 N–H and O–H groups in total. The van der Waals surface area contributed by atoms with Crippen LogP contribution in [0, 0.1) is 0 Å². The van der Waals surface area contributed by atoms with Crippen molar-refractivity contribution in [3.8, 4) is 0 Å². The summed E-state index contributed by atoms with van der Waals surface area (Å²) in [7, 11) is 0. The van der Waals surface area contributed by atoms with E-state index >= 15 is 0 Å². The number of nitrogens with one attached hydrogen (secondary N) is 1. The summed E-state index contributed by atoms with van der Waals surface area (Å²) in [6.45, 7) is 0. The molecule has 0 radical (unpaired) electrons. The molecule has 20 heavy (non-hydrogen) atoms. The lowest BCUT2D eigenvalue weighted by Crippen LogP contribution is -2.00. The second-order valence-corrected chi connectivity index (χ2v) is 8.73. The highest BCUT2D eigenvalue weighted by Gasteiger charge is 2.22. The number of hydrogen-bond acceptors (Lipinski definition) is 7. The van der Waals surface area contributed by atoms with Crippen LogP contribution in [-0.4, -0.2) is 27.8 Å². The van der Waals surface area contributed by atoms with Gasteiger partial charge in [-0.25, -0.2) is 0 Å². The Balaban J connectivity index is 1.57. The van der Waals surface area contributed by atoms with Crippen molar-refractivity contribution < 1.29 is 4.79 Å². The fourth-order valence-electron chi connectivity index (χ4n) is 1.46. The molecule has 106 valence electrons. The zero-order valence-corrected chi connectivity index (χ0v) is 14.0. The second-order valence-electron chi connectivity index (χ2n) is 4.24. The monoisotopic (exact) mass is 365 g/mol. The van der Waals surface area contributed by atoms with Crippen LogP contribution in [0.4, 0.5) is 5.13 Å². The number of nitrogens with zero attached hydrogens (tertiary/aromatic N) is 2. The topological polar surface area (TPSA) is 54.9 Å². The number of thioether (sulfide) groups is 1. The van der Waals surface area contributed by atoms with Crippen LogP contribution in [0.5, 0.6) is 0 Å². The molecule has 2 aromatic rings. The van der Waals surface area contributed by atoms with Crippen molar-refractivity contribution in [2.24, 2.45) is 0 Å². The Bertz CT molecular complexity index is 639. The molecule has 0 unspecified atom stereocenters. The SMILES string of the molecule is O=C(CSc1nnc(NC2CC2)s1)c1cc(Cl)sc1Cl. The molecule has 1 saturated carbocycles. The average molecular weight is 366 g/mol. The first-order valence-corrected chi connectivity index (χ1v) is 9.20. The molecule has 0 atom stereocenters. The number of ketones is 1. The van der Waals surface area contributed by atoms with E-state index in [4.69, 9.17) is 23.2 Å². The van der Waals surface area contributed by atoms with E-state index < -0.39 is 0 Å². The Morgan fingerprint density at radius 3 is 2.85 bits per heavy atom. The molecule has 0 saturated heterocycles. The van der Waals surface area contributed by atoms with Gasteiger partial charge in [0.1, 0.15) is 4.34 Å². The van der Waals surface area contributed by atoms with E-state index in [9.17, 15) is 4.79 Å². The minimum atomic E-state index is -0.0462. The highest BCUT2D eigenvalue weighted by molar-refractivity contribution is 8.01. The van der Waals surface area contributed by atoms with Gasteiger partial charge in [-0.3, -0.25) is 4.79 Å². The van der Waals surface area contributed by atoms with E-state index in [1.54, 1.807) is 6.07 Å². The molecule has 9 heteroatoms. The number of anilines is 1. The molecular formula is C11H9Cl2N3OS3. The van der Waals surface area contributed by atoms with Gasteiger partial charge in [-0.15, -0.1) is 21.5 Å². The van der Waals surface area contributed by atoms with Crippen LogP contribution in [0.15, 0.2) is 10.4 Å². The zero-order valence-electron chi connectivity index (χ0n) is 10.1. The molecule has 1 fully saturated rings. The fraction of sp³-hybridized carbons (Fsp3) is 0.364. The van der Waals surface area contributed by atoms with Crippen molar-refractivity contribution in [3.63, 3.8) is 0 Å². The number of thiophene rings is 1. The molecule has 0 amide bonds. The summed E-state index contributed by atoms with van der Waals surface area (Å²) in [5, 5.41) is 12.2. The third-order valence-corrected chi connectivity index (χ3v) is 6.07. The lowest BCUT2D eigenvalue weighted by molar-refractivity contribution is 0.102. The van der Waals surface area contributed by atoms with Crippen LogP contribution in [0.3, 0.4) is 0 Å². The summed E-state index contributed by atoms with van der Waals surface area (Å²) in [6.07, 6.45) is 2.38. The summed E-state index contributed by atoms with van der Waals surface area (Å²) in [5.41, 5.74) is 0.481. The second kappa shape index (κ2) is 6.19. The maximum Gasteiger partial charge on any atom is 0.206 e. The number of carbonyl (C=O) groups excluding carboxylic acids is 1. The molecule has 0 bridgehead atoms. The first-order chi connectivity index (χ1) is 9.61. The molecule has 2 heterocycles. The third-order valence-electron chi connectivity index (χ3n) is 2.60. The van der Waals surface area contributed by atoms with Gasteiger partial charge in [0, 0.05) is 11.6 Å². The van der Waals surface area contributed by atoms with Crippen LogP contribution in [0.25, 0.3) is 0 Å². The molecule has 0 aliphatic heterocycles. The maximum absolute atomic E-state index is 12.0. The van der Waals surface area contributed by atoms with Gasteiger partial charge in [0.2, 0.25) is 5.13 Å². The van der Waals surface area contributed by atoms with Gasteiger partial charge in [0.05, 0.1) is 10.1 Å². The van der Waals surface area contributed by atoms with Crippen LogP contribution >= 0.6 is 57.6 Å². The normalized spacial score (nSPS) is 14.5. The van der Waals surface area contributed by atoms with E-state index in [1.807, 2.05) is 0 Å².